The van der Waals surface area contributed by atoms with Crippen molar-refractivity contribution in [3.8, 4) is 23.0 Å². The van der Waals surface area contributed by atoms with E-state index >= 15 is 0 Å². The highest BCUT2D eigenvalue weighted by Gasteiger charge is 2.20. The zero-order valence-corrected chi connectivity index (χ0v) is 14.4. The van der Waals surface area contributed by atoms with Crippen molar-refractivity contribution in [2.75, 3.05) is 26.7 Å². The van der Waals surface area contributed by atoms with Crippen LogP contribution in [0.4, 0.5) is 5.69 Å². The van der Waals surface area contributed by atoms with Crippen molar-refractivity contribution < 1.29 is 23.7 Å². The summed E-state index contributed by atoms with van der Waals surface area (Å²) in [5.41, 5.74) is 7.22. The van der Waals surface area contributed by atoms with Crippen LogP contribution >= 0.6 is 11.6 Å². The van der Waals surface area contributed by atoms with E-state index in [1.807, 2.05) is 0 Å². The summed E-state index contributed by atoms with van der Waals surface area (Å²) in [6.45, 7) is 0.122. The van der Waals surface area contributed by atoms with Crippen LogP contribution in [-0.2, 0) is 0 Å². The average Bonchev–Trinajstić information content (AvgIpc) is 3.08. The second-order valence-electron chi connectivity index (χ2n) is 5.24. The molecule has 3 rings (SSSR count). The lowest BCUT2D eigenvalue weighted by atomic mass is 10.1. The van der Waals surface area contributed by atoms with Crippen LogP contribution in [0.5, 0.6) is 23.0 Å². The van der Waals surface area contributed by atoms with Crippen molar-refractivity contribution >= 4 is 29.1 Å². The molecule has 0 amide bonds. The van der Waals surface area contributed by atoms with Crippen molar-refractivity contribution in [3.63, 3.8) is 0 Å². The van der Waals surface area contributed by atoms with Crippen LogP contribution in [0.25, 0.3) is 6.08 Å². The van der Waals surface area contributed by atoms with Gasteiger partial charge in [0.15, 0.2) is 11.5 Å². The topological polar surface area (TPSA) is 80.0 Å². The van der Waals surface area contributed by atoms with Crippen molar-refractivity contribution in [2.45, 2.75) is 0 Å². The molecule has 25 heavy (non-hydrogen) atoms. The Hall–Kier alpha value is -2.86. The number of methoxy groups -OCH3 is 2. The van der Waals surface area contributed by atoms with Gasteiger partial charge in [-0.1, -0.05) is 11.6 Å². The van der Waals surface area contributed by atoms with Gasteiger partial charge in [-0.25, -0.2) is 0 Å². The van der Waals surface area contributed by atoms with Gasteiger partial charge in [-0.15, -0.1) is 0 Å². The molecule has 0 saturated heterocycles. The number of benzene rings is 2. The summed E-state index contributed by atoms with van der Waals surface area (Å²) in [6.07, 6.45) is 1.54. The number of hydrogen-bond donors (Lipinski definition) is 1. The Bertz CT molecular complexity index is 863. The molecule has 0 aliphatic carbocycles. The fourth-order valence-corrected chi connectivity index (χ4v) is 2.69. The Balaban J connectivity index is 1.91. The molecule has 0 spiro atoms. The smallest absolute Gasteiger partial charge is 0.231 e. The first kappa shape index (κ1) is 17.0. The number of nitrogen functional groups attached to an aromatic ring is 1. The number of hydrogen-bond acceptors (Lipinski definition) is 6. The number of anilines is 1. The molecule has 0 radical (unpaired) electrons. The highest BCUT2D eigenvalue weighted by Crippen LogP contribution is 2.42. The maximum atomic E-state index is 12.5. The maximum Gasteiger partial charge on any atom is 0.231 e. The predicted molar refractivity (Wildman–Crippen MR) is 94.7 cm³/mol. The molecule has 2 N–H and O–H groups in total. The van der Waals surface area contributed by atoms with E-state index in [1.54, 1.807) is 24.3 Å². The van der Waals surface area contributed by atoms with Crippen LogP contribution in [0.15, 0.2) is 35.4 Å². The summed E-state index contributed by atoms with van der Waals surface area (Å²) in [5, 5.41) is 0.0329. The fourth-order valence-electron chi connectivity index (χ4n) is 2.46. The largest absolute Gasteiger partial charge is 0.495 e. The standard InChI is InChI=1S/C18H16ClNO5/c1-22-14-4-3-11(8-13(14)20)17(21)12(19)5-10-6-15(23-2)18-16(7-10)24-9-25-18/h3-8H,9,20H2,1-2H3/b12-5+. The third-order valence-corrected chi connectivity index (χ3v) is 3.96. The molecular formula is C18H16ClNO5. The molecule has 0 bridgehead atoms. The Morgan fingerprint density at radius 1 is 1.16 bits per heavy atom. The van der Waals surface area contributed by atoms with Gasteiger partial charge in [0.2, 0.25) is 18.3 Å². The van der Waals surface area contributed by atoms with Crippen molar-refractivity contribution in [1.82, 2.24) is 0 Å². The van der Waals surface area contributed by atoms with Crippen molar-refractivity contribution in [2.24, 2.45) is 0 Å². The van der Waals surface area contributed by atoms with Crippen LogP contribution in [0.3, 0.4) is 0 Å². The molecule has 0 fully saturated rings. The number of carbonyl (C=O) groups excluding carboxylic acids is 1. The summed E-state index contributed by atoms with van der Waals surface area (Å²) in [5.74, 6) is 1.72. The molecule has 130 valence electrons. The molecule has 0 aromatic heterocycles. The van der Waals surface area contributed by atoms with E-state index in [-0.39, 0.29) is 17.6 Å². The average molecular weight is 362 g/mol. The second kappa shape index (κ2) is 6.94. The quantitative estimate of drug-likeness (QED) is 0.499. The number of rotatable bonds is 5. The van der Waals surface area contributed by atoms with Gasteiger partial charge in [-0.2, -0.15) is 0 Å². The summed E-state index contributed by atoms with van der Waals surface area (Å²) in [4.78, 5) is 12.5. The zero-order valence-electron chi connectivity index (χ0n) is 13.7. The molecule has 1 aliphatic heterocycles. The first-order valence-corrected chi connectivity index (χ1v) is 7.74. The molecule has 2 aromatic carbocycles. The first-order chi connectivity index (χ1) is 12.0. The van der Waals surface area contributed by atoms with Gasteiger partial charge in [-0.05, 0) is 42.0 Å². The second-order valence-corrected chi connectivity index (χ2v) is 5.64. The number of ether oxygens (including phenoxy) is 4. The number of Topliss-reactive ketones (excluding diaryl/α,β-unsaturated/α-hetero) is 1. The molecule has 0 unspecified atom stereocenters. The van der Waals surface area contributed by atoms with E-state index in [0.29, 0.717) is 39.8 Å². The third-order valence-electron chi connectivity index (χ3n) is 3.68. The highest BCUT2D eigenvalue weighted by atomic mass is 35.5. The summed E-state index contributed by atoms with van der Waals surface area (Å²) >= 11 is 6.20. The zero-order chi connectivity index (χ0) is 18.0. The van der Waals surface area contributed by atoms with E-state index in [0.717, 1.165) is 0 Å². The highest BCUT2D eigenvalue weighted by molar-refractivity contribution is 6.47. The van der Waals surface area contributed by atoms with Gasteiger partial charge in [0.25, 0.3) is 0 Å². The Kier molecular flexibility index (Phi) is 4.72. The van der Waals surface area contributed by atoms with Crippen LogP contribution in [0.1, 0.15) is 15.9 Å². The number of nitrogens with two attached hydrogens (primary N) is 1. The van der Waals surface area contributed by atoms with Crippen molar-refractivity contribution in [1.29, 1.82) is 0 Å². The monoisotopic (exact) mass is 361 g/mol. The number of halogens is 1. The van der Waals surface area contributed by atoms with Crippen LogP contribution in [0, 0.1) is 0 Å². The molecular weight excluding hydrogens is 346 g/mol. The summed E-state index contributed by atoms with van der Waals surface area (Å²) < 4.78 is 21.1. The van der Waals surface area contributed by atoms with Gasteiger partial charge >= 0.3 is 0 Å². The Morgan fingerprint density at radius 2 is 1.92 bits per heavy atom. The first-order valence-electron chi connectivity index (χ1n) is 7.36. The predicted octanol–water partition coefficient (Wildman–Crippen LogP) is 3.48. The summed E-state index contributed by atoms with van der Waals surface area (Å²) in [7, 11) is 3.03. The fraction of sp³-hybridized carbons (Fsp3) is 0.167. The number of carbonyl (C=O) groups is 1. The molecule has 2 aromatic rings. The normalized spacial score (nSPS) is 12.8. The van der Waals surface area contributed by atoms with Gasteiger partial charge < -0.3 is 24.7 Å². The molecule has 7 heteroatoms. The van der Waals surface area contributed by atoms with E-state index in [9.17, 15) is 4.79 Å². The third kappa shape index (κ3) is 3.34. The van der Waals surface area contributed by atoms with E-state index in [4.69, 9.17) is 36.3 Å². The van der Waals surface area contributed by atoms with Crippen LogP contribution in [0.2, 0.25) is 0 Å². The minimum Gasteiger partial charge on any atom is -0.495 e. The van der Waals surface area contributed by atoms with E-state index < -0.39 is 0 Å². The van der Waals surface area contributed by atoms with E-state index in [2.05, 4.69) is 0 Å². The molecule has 0 saturated carbocycles. The van der Waals surface area contributed by atoms with Gasteiger partial charge in [0.1, 0.15) is 5.75 Å². The number of ketones is 1. The van der Waals surface area contributed by atoms with Crippen molar-refractivity contribution in [3.05, 3.63) is 46.5 Å². The van der Waals surface area contributed by atoms with E-state index in [1.165, 1.54) is 26.4 Å². The lowest BCUT2D eigenvalue weighted by Crippen LogP contribution is -2.01. The lowest BCUT2D eigenvalue weighted by molar-refractivity contribution is 0.104. The number of allylic oxidation sites excluding steroid dienone is 1. The maximum absolute atomic E-state index is 12.5. The minimum atomic E-state index is -0.354. The molecule has 6 nitrogen and oxygen atoms in total. The molecule has 0 atom stereocenters. The van der Waals surface area contributed by atoms with Gasteiger partial charge in [0, 0.05) is 5.56 Å². The molecule has 1 aliphatic rings. The SMILES string of the molecule is COc1ccc(C(=O)/C(Cl)=C\c2cc(OC)c3c(c2)OCO3)cc1N. The van der Waals surface area contributed by atoms with Gasteiger partial charge in [-0.3, -0.25) is 4.79 Å². The summed E-state index contributed by atoms with van der Waals surface area (Å²) in [6, 6.07) is 8.19. The minimum absolute atomic E-state index is 0.0329. The molecule has 1 heterocycles. The van der Waals surface area contributed by atoms with Crippen LogP contribution < -0.4 is 24.7 Å². The number of fused-ring (bicyclic) bond motifs is 1. The van der Waals surface area contributed by atoms with Crippen LogP contribution in [-0.4, -0.2) is 26.8 Å². The Morgan fingerprint density at radius 3 is 2.60 bits per heavy atom. The Labute approximate surface area is 149 Å². The van der Waals surface area contributed by atoms with Gasteiger partial charge in [0.05, 0.1) is 24.9 Å². The lowest BCUT2D eigenvalue weighted by Gasteiger charge is -2.07.